The van der Waals surface area contributed by atoms with Gasteiger partial charge in [0.2, 0.25) is 5.91 Å². The lowest BCUT2D eigenvalue weighted by molar-refractivity contribution is -0.120. The molecule has 4 rings (SSSR count). The second kappa shape index (κ2) is 10.9. The number of amides is 1. The minimum Gasteiger partial charge on any atom is -0.356 e. The first-order valence-corrected chi connectivity index (χ1v) is 12.2. The van der Waals surface area contributed by atoms with Crippen molar-refractivity contribution in [2.45, 2.75) is 33.2 Å². The number of rotatable bonds is 8. The summed E-state index contributed by atoms with van der Waals surface area (Å²) in [6.45, 7) is 4.67. The summed E-state index contributed by atoms with van der Waals surface area (Å²) >= 11 is 6.22. The Bertz CT molecular complexity index is 1500. The van der Waals surface area contributed by atoms with Gasteiger partial charge in [0.05, 0.1) is 29.6 Å². The third-order valence-electron chi connectivity index (χ3n) is 6.03. The predicted octanol–water partition coefficient (Wildman–Crippen LogP) is 4.70. The molecule has 0 aliphatic heterocycles. The van der Waals surface area contributed by atoms with Gasteiger partial charge in [-0.2, -0.15) is 0 Å². The molecule has 3 aromatic carbocycles. The zero-order valence-corrected chi connectivity index (χ0v) is 20.9. The van der Waals surface area contributed by atoms with E-state index in [1.807, 2.05) is 0 Å². The molecule has 6 nitrogen and oxygen atoms in total. The van der Waals surface area contributed by atoms with Gasteiger partial charge in [-0.1, -0.05) is 55.8 Å². The molecule has 0 aliphatic carbocycles. The number of benzene rings is 3. The predicted molar refractivity (Wildman–Crippen MR) is 140 cm³/mol. The number of carbonyl (C=O) groups excluding carboxylic acids is 1. The molecule has 0 unspecified atom stereocenters. The normalized spacial score (nSPS) is 11.2. The molecule has 0 atom stereocenters. The molecule has 0 bridgehead atoms. The van der Waals surface area contributed by atoms with Crippen molar-refractivity contribution in [3.63, 3.8) is 0 Å². The lowest BCUT2D eigenvalue weighted by atomic mass is 10.1. The van der Waals surface area contributed by atoms with Gasteiger partial charge in [-0.25, -0.2) is 13.8 Å². The maximum atomic E-state index is 14.5. The summed E-state index contributed by atoms with van der Waals surface area (Å²) in [4.78, 5) is 39.1. The highest BCUT2D eigenvalue weighted by Crippen LogP contribution is 2.21. The quantitative estimate of drug-likeness (QED) is 0.376. The lowest BCUT2D eigenvalue weighted by Gasteiger charge is -2.15. The third kappa shape index (κ3) is 5.41. The second-order valence-electron chi connectivity index (χ2n) is 9.10. The van der Waals surface area contributed by atoms with Crippen molar-refractivity contribution in [3.05, 3.63) is 110 Å². The Morgan fingerprint density at radius 3 is 2.42 bits per heavy atom. The molecule has 1 aromatic heterocycles. The van der Waals surface area contributed by atoms with Crippen LogP contribution in [-0.2, 0) is 17.8 Å². The summed E-state index contributed by atoms with van der Waals surface area (Å²) in [6.07, 6.45) is 1.10. The SMILES string of the molecule is CC(C)CCNC(=O)Cc1ccc(-n2c(=O)c3ccccc3n(Cc3c(F)cccc3Cl)c2=O)cc1. The Morgan fingerprint density at radius 2 is 1.72 bits per heavy atom. The summed E-state index contributed by atoms with van der Waals surface area (Å²) < 4.78 is 16.9. The molecule has 0 aliphatic rings. The molecule has 1 amide bonds. The number of aromatic nitrogens is 2. The zero-order valence-electron chi connectivity index (χ0n) is 20.1. The van der Waals surface area contributed by atoms with Crippen molar-refractivity contribution < 1.29 is 9.18 Å². The van der Waals surface area contributed by atoms with Gasteiger partial charge in [-0.05, 0) is 54.3 Å². The van der Waals surface area contributed by atoms with Crippen LogP contribution in [0.1, 0.15) is 31.4 Å². The molecule has 36 heavy (non-hydrogen) atoms. The van der Waals surface area contributed by atoms with Crippen molar-refractivity contribution in [2.24, 2.45) is 5.92 Å². The first kappa shape index (κ1) is 25.4. The Morgan fingerprint density at radius 1 is 1.00 bits per heavy atom. The first-order valence-electron chi connectivity index (χ1n) is 11.8. The van der Waals surface area contributed by atoms with Gasteiger partial charge in [-0.3, -0.25) is 14.2 Å². The highest BCUT2D eigenvalue weighted by Gasteiger charge is 2.17. The largest absolute Gasteiger partial charge is 0.356 e. The van der Waals surface area contributed by atoms with Crippen LogP contribution in [0, 0.1) is 11.7 Å². The maximum absolute atomic E-state index is 14.5. The second-order valence-corrected chi connectivity index (χ2v) is 9.51. The third-order valence-corrected chi connectivity index (χ3v) is 6.39. The van der Waals surface area contributed by atoms with Crippen LogP contribution in [0.3, 0.4) is 0 Å². The Hall–Kier alpha value is -3.71. The number of nitrogens with one attached hydrogen (secondary N) is 1. The van der Waals surface area contributed by atoms with E-state index in [1.165, 1.54) is 16.7 Å². The van der Waals surface area contributed by atoms with Gasteiger partial charge in [0, 0.05) is 17.1 Å². The molecule has 1 N–H and O–H groups in total. The van der Waals surface area contributed by atoms with Crippen molar-refractivity contribution in [3.8, 4) is 5.69 Å². The fraction of sp³-hybridized carbons (Fsp3) is 0.250. The highest BCUT2D eigenvalue weighted by molar-refractivity contribution is 6.31. The molecule has 1 heterocycles. The molecule has 186 valence electrons. The molecule has 0 radical (unpaired) electrons. The number of hydrogen-bond donors (Lipinski definition) is 1. The van der Waals surface area contributed by atoms with E-state index >= 15 is 0 Å². The van der Waals surface area contributed by atoms with Gasteiger partial charge in [0.25, 0.3) is 5.56 Å². The van der Waals surface area contributed by atoms with Crippen LogP contribution in [0.5, 0.6) is 0 Å². The molecule has 4 aromatic rings. The minimum atomic E-state index is -0.614. The standard InChI is InChI=1S/C28H27ClFN3O3/c1-18(2)14-15-31-26(34)16-19-10-12-20(13-11-19)33-27(35)21-6-3-4-9-25(21)32(28(33)36)17-22-23(29)7-5-8-24(22)30/h3-13,18H,14-17H2,1-2H3,(H,31,34). The fourth-order valence-corrected chi connectivity index (χ4v) is 4.28. The lowest BCUT2D eigenvalue weighted by Crippen LogP contribution is -2.39. The van der Waals surface area contributed by atoms with Crippen molar-refractivity contribution in [1.82, 2.24) is 14.5 Å². The Labute approximate surface area is 213 Å². The van der Waals surface area contributed by atoms with E-state index in [2.05, 4.69) is 19.2 Å². The van der Waals surface area contributed by atoms with E-state index in [4.69, 9.17) is 11.6 Å². The van der Waals surface area contributed by atoms with Crippen molar-refractivity contribution in [2.75, 3.05) is 6.54 Å². The number of hydrogen-bond acceptors (Lipinski definition) is 3. The van der Waals surface area contributed by atoms with Crippen LogP contribution in [0.2, 0.25) is 5.02 Å². The van der Waals surface area contributed by atoms with Crippen LogP contribution < -0.4 is 16.6 Å². The summed E-state index contributed by atoms with van der Waals surface area (Å²) in [5.41, 5.74) is 0.567. The molecule has 8 heteroatoms. The average Bonchev–Trinajstić information content (AvgIpc) is 2.84. The number of nitrogens with zero attached hydrogens (tertiary/aromatic N) is 2. The Balaban J connectivity index is 1.71. The van der Waals surface area contributed by atoms with E-state index in [1.54, 1.807) is 54.6 Å². The monoisotopic (exact) mass is 507 g/mol. The topological polar surface area (TPSA) is 73.1 Å². The first-order chi connectivity index (χ1) is 17.3. The summed E-state index contributed by atoms with van der Waals surface area (Å²) in [7, 11) is 0. The van der Waals surface area contributed by atoms with Crippen molar-refractivity contribution >= 4 is 28.4 Å². The average molecular weight is 508 g/mol. The van der Waals surface area contributed by atoms with Gasteiger partial charge in [0.15, 0.2) is 0 Å². The fourth-order valence-electron chi connectivity index (χ4n) is 4.05. The van der Waals surface area contributed by atoms with E-state index in [0.29, 0.717) is 29.1 Å². The van der Waals surface area contributed by atoms with Crippen LogP contribution in [-0.4, -0.2) is 21.6 Å². The highest BCUT2D eigenvalue weighted by atomic mass is 35.5. The van der Waals surface area contributed by atoms with Crippen molar-refractivity contribution in [1.29, 1.82) is 0 Å². The van der Waals surface area contributed by atoms with Gasteiger partial charge in [0.1, 0.15) is 5.82 Å². The zero-order chi connectivity index (χ0) is 25.8. The van der Waals surface area contributed by atoms with Crippen LogP contribution >= 0.6 is 11.6 Å². The maximum Gasteiger partial charge on any atom is 0.336 e. The number of fused-ring (bicyclic) bond motifs is 1. The van der Waals surface area contributed by atoms with E-state index in [9.17, 15) is 18.8 Å². The molecular formula is C28H27ClFN3O3. The Kier molecular flexibility index (Phi) is 7.70. The number of carbonyl (C=O) groups is 1. The molecule has 0 saturated carbocycles. The van der Waals surface area contributed by atoms with Crippen LogP contribution in [0.15, 0.2) is 76.3 Å². The summed E-state index contributed by atoms with van der Waals surface area (Å²) in [5, 5.41) is 3.41. The van der Waals surface area contributed by atoms with Gasteiger partial charge in [-0.15, -0.1) is 0 Å². The van der Waals surface area contributed by atoms with Crippen LogP contribution in [0.4, 0.5) is 4.39 Å². The van der Waals surface area contributed by atoms with E-state index in [-0.39, 0.29) is 29.5 Å². The minimum absolute atomic E-state index is 0.0876. The molecule has 0 fully saturated rings. The molecule has 0 saturated heterocycles. The van der Waals surface area contributed by atoms with Gasteiger partial charge < -0.3 is 5.32 Å². The molecule has 0 spiro atoms. The summed E-state index contributed by atoms with van der Waals surface area (Å²) in [6, 6.07) is 17.7. The van der Waals surface area contributed by atoms with E-state index in [0.717, 1.165) is 16.6 Å². The summed E-state index contributed by atoms with van der Waals surface area (Å²) in [5.74, 6) is -0.119. The van der Waals surface area contributed by atoms with Crippen LogP contribution in [0.25, 0.3) is 16.6 Å². The van der Waals surface area contributed by atoms with Gasteiger partial charge >= 0.3 is 5.69 Å². The number of halogens is 2. The van der Waals surface area contributed by atoms with E-state index < -0.39 is 17.1 Å². The molecular weight excluding hydrogens is 481 g/mol. The number of para-hydroxylation sites is 1. The smallest absolute Gasteiger partial charge is 0.336 e.